The van der Waals surface area contributed by atoms with Gasteiger partial charge in [-0.25, -0.2) is 4.79 Å². The Morgan fingerprint density at radius 1 is 1.26 bits per heavy atom. The van der Waals surface area contributed by atoms with Crippen molar-refractivity contribution >= 4 is 12.0 Å². The molecule has 1 aliphatic rings. The van der Waals surface area contributed by atoms with Crippen molar-refractivity contribution in [1.82, 2.24) is 9.80 Å². The van der Waals surface area contributed by atoms with Crippen LogP contribution in [0.4, 0.5) is 4.79 Å². The van der Waals surface area contributed by atoms with Gasteiger partial charge in [0.1, 0.15) is 11.6 Å². The number of likely N-dealkylation sites (N-methyl/N-ethyl adjacent to an activating group) is 1. The minimum atomic E-state index is -0.562. The lowest BCUT2D eigenvalue weighted by molar-refractivity contribution is -0.139. The maximum atomic E-state index is 12.2. The van der Waals surface area contributed by atoms with E-state index >= 15 is 0 Å². The first-order chi connectivity index (χ1) is 8.72. The first kappa shape index (κ1) is 15.8. The zero-order valence-electron chi connectivity index (χ0n) is 12.4. The van der Waals surface area contributed by atoms with Crippen molar-refractivity contribution in [1.29, 1.82) is 0 Å². The van der Waals surface area contributed by atoms with Gasteiger partial charge in [-0.05, 0) is 27.7 Å². The average molecular weight is 272 g/mol. The van der Waals surface area contributed by atoms with Gasteiger partial charge in [0.25, 0.3) is 0 Å². The fourth-order valence-corrected chi connectivity index (χ4v) is 1.71. The molecule has 6 heteroatoms. The molecule has 0 aromatic heterocycles. The second kappa shape index (κ2) is 6.23. The first-order valence-electron chi connectivity index (χ1n) is 6.54. The highest BCUT2D eigenvalue weighted by Gasteiger charge is 2.30. The molecule has 1 saturated heterocycles. The molecule has 1 heterocycles. The Balaban J connectivity index is 2.57. The third-order valence-electron chi connectivity index (χ3n) is 2.94. The van der Waals surface area contributed by atoms with Crippen LogP contribution in [0.2, 0.25) is 0 Å². The van der Waals surface area contributed by atoms with E-state index < -0.39 is 17.7 Å². The van der Waals surface area contributed by atoms with Gasteiger partial charge >= 0.3 is 6.09 Å². The number of morpholine rings is 1. The molecule has 1 rings (SSSR count). The maximum Gasteiger partial charge on any atom is 0.410 e. The molecule has 0 aliphatic carbocycles. The number of nitrogens with zero attached hydrogens (tertiary/aromatic N) is 2. The van der Waals surface area contributed by atoms with E-state index in [9.17, 15) is 9.59 Å². The average Bonchev–Trinajstić information content (AvgIpc) is 2.35. The van der Waals surface area contributed by atoms with Crippen molar-refractivity contribution in [2.45, 2.75) is 39.3 Å². The van der Waals surface area contributed by atoms with Crippen molar-refractivity contribution in [3.63, 3.8) is 0 Å². The van der Waals surface area contributed by atoms with E-state index in [0.717, 1.165) is 0 Å². The fraction of sp³-hybridized carbons (Fsp3) is 0.846. The molecule has 0 saturated carbocycles. The molecule has 6 nitrogen and oxygen atoms in total. The van der Waals surface area contributed by atoms with E-state index in [1.807, 2.05) is 0 Å². The van der Waals surface area contributed by atoms with Crippen LogP contribution in [0.15, 0.2) is 0 Å². The zero-order chi connectivity index (χ0) is 14.6. The van der Waals surface area contributed by atoms with Crippen LogP contribution in [0, 0.1) is 0 Å². The third-order valence-corrected chi connectivity index (χ3v) is 2.94. The number of carbonyl (C=O) groups excluding carboxylic acids is 2. The zero-order valence-corrected chi connectivity index (χ0v) is 12.4. The lowest BCUT2D eigenvalue weighted by Gasteiger charge is -2.33. The van der Waals surface area contributed by atoms with Crippen LogP contribution in [-0.4, -0.2) is 66.8 Å². The topological polar surface area (TPSA) is 59.1 Å². The quantitative estimate of drug-likeness (QED) is 0.755. The molecule has 0 radical (unpaired) electrons. The monoisotopic (exact) mass is 272 g/mol. The SMILES string of the molecule is C[C@H](C(=O)N1CCOCC1)N(C)C(=O)OC(C)(C)C. The summed E-state index contributed by atoms with van der Waals surface area (Å²) in [6, 6.07) is -0.534. The molecule has 110 valence electrons. The van der Waals surface area contributed by atoms with Crippen molar-refractivity contribution in [2.75, 3.05) is 33.4 Å². The van der Waals surface area contributed by atoms with E-state index in [-0.39, 0.29) is 5.91 Å². The molecule has 0 aromatic carbocycles. The summed E-state index contributed by atoms with van der Waals surface area (Å²) in [5.41, 5.74) is -0.562. The minimum absolute atomic E-state index is 0.0725. The summed E-state index contributed by atoms with van der Waals surface area (Å²) in [6.07, 6.45) is -0.485. The van der Waals surface area contributed by atoms with Crippen molar-refractivity contribution in [2.24, 2.45) is 0 Å². The van der Waals surface area contributed by atoms with E-state index in [1.54, 1.807) is 39.6 Å². The van der Waals surface area contributed by atoms with Gasteiger partial charge < -0.3 is 14.4 Å². The summed E-state index contributed by atoms with van der Waals surface area (Å²) < 4.78 is 10.5. The van der Waals surface area contributed by atoms with Crippen molar-refractivity contribution in [3.05, 3.63) is 0 Å². The van der Waals surface area contributed by atoms with Gasteiger partial charge in [0, 0.05) is 20.1 Å². The van der Waals surface area contributed by atoms with Crippen molar-refractivity contribution < 1.29 is 19.1 Å². The maximum absolute atomic E-state index is 12.2. The lowest BCUT2D eigenvalue weighted by atomic mass is 10.2. The van der Waals surface area contributed by atoms with Gasteiger partial charge in [-0.2, -0.15) is 0 Å². The summed E-state index contributed by atoms with van der Waals surface area (Å²) in [7, 11) is 1.58. The smallest absolute Gasteiger partial charge is 0.410 e. The standard InChI is InChI=1S/C13H24N2O4/c1-10(11(16)15-6-8-18-9-7-15)14(5)12(17)19-13(2,3)4/h10H,6-9H2,1-5H3/t10-/m1/s1. The fourth-order valence-electron chi connectivity index (χ4n) is 1.71. The van der Waals surface area contributed by atoms with Crippen LogP contribution in [0.1, 0.15) is 27.7 Å². The van der Waals surface area contributed by atoms with Crippen LogP contribution in [-0.2, 0) is 14.3 Å². The first-order valence-corrected chi connectivity index (χ1v) is 6.54. The van der Waals surface area contributed by atoms with E-state index in [1.165, 1.54) is 4.90 Å². The Morgan fingerprint density at radius 3 is 2.26 bits per heavy atom. The largest absolute Gasteiger partial charge is 0.444 e. The molecule has 0 aromatic rings. The van der Waals surface area contributed by atoms with Gasteiger partial charge in [0.15, 0.2) is 0 Å². The summed E-state index contributed by atoms with van der Waals surface area (Å²) >= 11 is 0. The van der Waals surface area contributed by atoms with E-state index in [2.05, 4.69) is 0 Å². The minimum Gasteiger partial charge on any atom is -0.444 e. The van der Waals surface area contributed by atoms with Crippen LogP contribution in [0.5, 0.6) is 0 Å². The highest BCUT2D eigenvalue weighted by molar-refractivity contribution is 5.85. The van der Waals surface area contributed by atoms with Crippen molar-refractivity contribution in [3.8, 4) is 0 Å². The van der Waals surface area contributed by atoms with E-state index in [0.29, 0.717) is 26.3 Å². The van der Waals surface area contributed by atoms with Gasteiger partial charge in [-0.1, -0.05) is 0 Å². The second-order valence-corrected chi connectivity index (χ2v) is 5.70. The van der Waals surface area contributed by atoms with Gasteiger partial charge in [0.05, 0.1) is 13.2 Å². The molecular weight excluding hydrogens is 248 g/mol. The number of hydrogen-bond donors (Lipinski definition) is 0. The molecular formula is C13H24N2O4. The normalized spacial score (nSPS) is 17.8. The predicted octanol–water partition coefficient (Wildman–Crippen LogP) is 1.10. The van der Waals surface area contributed by atoms with E-state index in [4.69, 9.17) is 9.47 Å². The highest BCUT2D eigenvalue weighted by Crippen LogP contribution is 2.12. The molecule has 0 spiro atoms. The Labute approximate surface area is 114 Å². The van der Waals surface area contributed by atoms with Crippen LogP contribution in [0.25, 0.3) is 0 Å². The molecule has 1 aliphatic heterocycles. The number of carbonyl (C=O) groups is 2. The Bertz CT molecular complexity index is 332. The molecule has 0 unspecified atom stereocenters. The Kier molecular flexibility index (Phi) is 5.17. The summed E-state index contributed by atoms with van der Waals surface area (Å²) in [4.78, 5) is 27.2. The number of amides is 2. The highest BCUT2D eigenvalue weighted by atomic mass is 16.6. The summed E-state index contributed by atoms with van der Waals surface area (Å²) in [6.45, 7) is 9.36. The van der Waals surface area contributed by atoms with Gasteiger partial charge in [-0.3, -0.25) is 9.69 Å². The lowest BCUT2D eigenvalue weighted by Crippen LogP contribution is -2.51. The molecule has 0 N–H and O–H groups in total. The van der Waals surface area contributed by atoms with Gasteiger partial charge in [-0.15, -0.1) is 0 Å². The number of ether oxygens (including phenoxy) is 2. The summed E-state index contributed by atoms with van der Waals surface area (Å²) in [5.74, 6) is -0.0725. The molecule has 19 heavy (non-hydrogen) atoms. The second-order valence-electron chi connectivity index (χ2n) is 5.70. The number of rotatable bonds is 2. The van der Waals surface area contributed by atoms with Crippen LogP contribution in [0.3, 0.4) is 0 Å². The Hall–Kier alpha value is -1.30. The third kappa shape index (κ3) is 4.70. The summed E-state index contributed by atoms with van der Waals surface area (Å²) in [5, 5.41) is 0. The number of hydrogen-bond acceptors (Lipinski definition) is 4. The van der Waals surface area contributed by atoms with Crippen LogP contribution >= 0.6 is 0 Å². The molecule has 1 fully saturated rings. The predicted molar refractivity (Wildman–Crippen MR) is 70.9 cm³/mol. The Morgan fingerprint density at radius 2 is 1.79 bits per heavy atom. The molecule has 1 atom stereocenters. The van der Waals surface area contributed by atoms with Crippen LogP contribution < -0.4 is 0 Å². The van der Waals surface area contributed by atoms with Gasteiger partial charge in [0.2, 0.25) is 5.91 Å². The molecule has 2 amide bonds. The molecule has 0 bridgehead atoms.